The maximum atomic E-state index is 12.4. The minimum atomic E-state index is -0.728. The van der Waals surface area contributed by atoms with Gasteiger partial charge in [0.1, 0.15) is 11.4 Å². The lowest BCUT2D eigenvalue weighted by molar-refractivity contribution is -0.121. The number of rotatable bonds is 6. The van der Waals surface area contributed by atoms with Gasteiger partial charge in [0.25, 0.3) is 0 Å². The summed E-state index contributed by atoms with van der Waals surface area (Å²) in [4.78, 5) is 19.9. The van der Waals surface area contributed by atoms with Crippen LogP contribution in [-0.4, -0.2) is 67.5 Å². The first-order chi connectivity index (χ1) is 15.4. The van der Waals surface area contributed by atoms with E-state index in [-0.39, 0.29) is 24.2 Å². The molecule has 1 aliphatic heterocycles. The van der Waals surface area contributed by atoms with E-state index < -0.39 is 5.60 Å². The van der Waals surface area contributed by atoms with Crippen LogP contribution in [-0.2, 0) is 17.4 Å². The highest BCUT2D eigenvalue weighted by atomic mass is 32.1. The highest BCUT2D eigenvalue weighted by Crippen LogP contribution is 2.40. The Bertz CT molecular complexity index is 1100. The van der Waals surface area contributed by atoms with E-state index in [2.05, 4.69) is 25.6 Å². The van der Waals surface area contributed by atoms with E-state index in [1.807, 2.05) is 7.05 Å². The number of aromatic nitrogens is 3. The molecule has 1 aromatic carbocycles. The zero-order chi connectivity index (χ0) is 22.3. The summed E-state index contributed by atoms with van der Waals surface area (Å²) >= 11 is 1.52. The third-order valence-electron chi connectivity index (χ3n) is 6.71. The van der Waals surface area contributed by atoms with Gasteiger partial charge in [-0.3, -0.25) is 19.4 Å². The number of phenolic OH excluding ortho intramolecular Hbond substituents is 1. The first-order valence-corrected chi connectivity index (χ1v) is 11.8. The van der Waals surface area contributed by atoms with Crippen molar-refractivity contribution in [2.75, 3.05) is 25.0 Å². The number of anilines is 1. The Morgan fingerprint density at radius 3 is 2.81 bits per heavy atom. The van der Waals surface area contributed by atoms with Crippen molar-refractivity contribution in [2.45, 2.75) is 43.4 Å². The van der Waals surface area contributed by atoms with Gasteiger partial charge in [0.05, 0.1) is 28.5 Å². The van der Waals surface area contributed by atoms with Crippen LogP contribution < -0.4 is 10.6 Å². The van der Waals surface area contributed by atoms with Crippen molar-refractivity contribution in [2.24, 2.45) is 7.05 Å². The van der Waals surface area contributed by atoms with Crippen molar-refractivity contribution >= 4 is 34.0 Å². The number of hydrogen-bond acceptors (Lipinski definition) is 8. The number of nitrogens with one attached hydrogen (secondary N) is 2. The van der Waals surface area contributed by atoms with Gasteiger partial charge in [-0.1, -0.05) is 0 Å². The Hall–Kier alpha value is -2.69. The van der Waals surface area contributed by atoms with Gasteiger partial charge in [-0.05, 0) is 43.9 Å². The predicted molar refractivity (Wildman–Crippen MR) is 123 cm³/mol. The normalized spacial score (nSPS) is 24.4. The molecule has 1 saturated carbocycles. The van der Waals surface area contributed by atoms with Gasteiger partial charge >= 0.3 is 0 Å². The number of aromatic hydroxyl groups is 1. The second-order valence-corrected chi connectivity index (χ2v) is 9.76. The van der Waals surface area contributed by atoms with Gasteiger partial charge in [-0.15, -0.1) is 11.3 Å². The molecule has 1 aliphatic carbocycles. The number of aliphatic hydroxyl groups is 1. The van der Waals surface area contributed by atoms with Gasteiger partial charge in [-0.25, -0.2) is 0 Å². The van der Waals surface area contributed by atoms with Crippen LogP contribution in [0, 0.1) is 0 Å². The number of fused-ring (bicyclic) bond motifs is 1. The molecule has 0 bridgehead atoms. The molecule has 2 aliphatic rings. The SMILES string of the molecule is Cn1nc(NCC(=O)NC2CN(C3CCC(O)(c4cncs4)CC3)C2)c2cc(O)ccc21. The van der Waals surface area contributed by atoms with Crippen LogP contribution >= 0.6 is 11.3 Å². The summed E-state index contributed by atoms with van der Waals surface area (Å²) in [5.41, 5.74) is 1.93. The summed E-state index contributed by atoms with van der Waals surface area (Å²) in [5.74, 6) is 0.678. The van der Waals surface area contributed by atoms with Gasteiger partial charge in [0.15, 0.2) is 5.82 Å². The lowest BCUT2D eigenvalue weighted by atomic mass is 9.80. The average molecular weight is 457 g/mol. The van der Waals surface area contributed by atoms with Crippen molar-refractivity contribution in [3.05, 3.63) is 34.8 Å². The molecule has 1 amide bonds. The van der Waals surface area contributed by atoms with E-state index in [1.165, 1.54) is 11.3 Å². The van der Waals surface area contributed by atoms with Crippen LogP contribution in [0.25, 0.3) is 10.9 Å². The lowest BCUT2D eigenvalue weighted by Crippen LogP contribution is -2.63. The molecule has 3 heterocycles. The molecule has 4 N–H and O–H groups in total. The summed E-state index contributed by atoms with van der Waals surface area (Å²) in [6.07, 6.45) is 5.20. The molecule has 9 nitrogen and oxygen atoms in total. The number of amides is 1. The molecule has 5 rings (SSSR count). The molecule has 170 valence electrons. The topological polar surface area (TPSA) is 116 Å². The van der Waals surface area contributed by atoms with Crippen LogP contribution in [0.3, 0.4) is 0 Å². The largest absolute Gasteiger partial charge is 0.508 e. The maximum Gasteiger partial charge on any atom is 0.239 e. The number of carbonyl (C=O) groups is 1. The standard InChI is InChI=1S/C22H28N6O3S/c1-27-18-3-2-16(29)8-17(18)21(26-27)24-10-20(30)25-14-11-28(12-14)15-4-6-22(31,7-5-15)19-9-23-13-32-19/h2-3,8-9,13-15,29,31H,4-7,10-12H2,1H3,(H,24,26)(H,25,30). The number of phenols is 1. The summed E-state index contributed by atoms with van der Waals surface area (Å²) in [6, 6.07) is 5.68. The quantitative estimate of drug-likeness (QED) is 0.447. The van der Waals surface area contributed by atoms with E-state index in [9.17, 15) is 15.0 Å². The Morgan fingerprint density at radius 1 is 1.31 bits per heavy atom. The number of carbonyl (C=O) groups excluding carboxylic acids is 1. The summed E-state index contributed by atoms with van der Waals surface area (Å²) < 4.78 is 1.72. The molecule has 10 heteroatoms. The molecule has 2 aromatic heterocycles. The summed E-state index contributed by atoms with van der Waals surface area (Å²) in [6.45, 7) is 1.81. The number of benzene rings is 1. The first kappa shape index (κ1) is 21.2. The van der Waals surface area contributed by atoms with Crippen molar-refractivity contribution < 1.29 is 15.0 Å². The minimum absolute atomic E-state index is 0.0724. The van der Waals surface area contributed by atoms with Gasteiger partial charge in [0, 0.05) is 37.8 Å². The van der Waals surface area contributed by atoms with Crippen LogP contribution in [0.5, 0.6) is 5.75 Å². The molecule has 0 radical (unpaired) electrons. The Labute approximate surface area is 190 Å². The van der Waals surface area contributed by atoms with Crippen LogP contribution in [0.1, 0.15) is 30.6 Å². The summed E-state index contributed by atoms with van der Waals surface area (Å²) in [7, 11) is 1.83. The van der Waals surface area contributed by atoms with Crippen LogP contribution in [0.4, 0.5) is 5.82 Å². The van der Waals surface area contributed by atoms with E-state index in [0.29, 0.717) is 11.9 Å². The fourth-order valence-corrected chi connectivity index (χ4v) is 5.65. The van der Waals surface area contributed by atoms with Gasteiger partial charge in [0.2, 0.25) is 5.91 Å². The minimum Gasteiger partial charge on any atom is -0.508 e. The first-order valence-electron chi connectivity index (χ1n) is 11.0. The monoisotopic (exact) mass is 456 g/mol. The molecule has 1 saturated heterocycles. The van der Waals surface area contributed by atoms with Crippen molar-refractivity contribution in [1.29, 1.82) is 0 Å². The van der Waals surface area contributed by atoms with E-state index in [0.717, 1.165) is 54.6 Å². The summed E-state index contributed by atoms with van der Waals surface area (Å²) in [5, 5.41) is 32.0. The zero-order valence-corrected chi connectivity index (χ0v) is 18.8. The fourth-order valence-electron chi connectivity index (χ4n) is 4.87. The van der Waals surface area contributed by atoms with Crippen molar-refractivity contribution in [3.63, 3.8) is 0 Å². The molecular formula is C22H28N6O3S. The lowest BCUT2D eigenvalue weighted by Gasteiger charge is -2.48. The van der Waals surface area contributed by atoms with Gasteiger partial charge in [-0.2, -0.15) is 5.10 Å². The second kappa shape index (κ2) is 8.34. The molecule has 32 heavy (non-hydrogen) atoms. The smallest absolute Gasteiger partial charge is 0.239 e. The molecule has 0 unspecified atom stereocenters. The van der Waals surface area contributed by atoms with Crippen LogP contribution in [0.2, 0.25) is 0 Å². The molecule has 0 atom stereocenters. The Kier molecular flexibility index (Phi) is 5.52. The number of aryl methyl sites for hydroxylation is 1. The zero-order valence-electron chi connectivity index (χ0n) is 18.0. The average Bonchev–Trinajstić information content (AvgIpc) is 3.39. The third kappa shape index (κ3) is 4.05. The van der Waals surface area contributed by atoms with Crippen molar-refractivity contribution in [3.8, 4) is 5.75 Å². The highest BCUT2D eigenvalue weighted by molar-refractivity contribution is 7.09. The third-order valence-corrected chi connectivity index (χ3v) is 7.68. The highest BCUT2D eigenvalue weighted by Gasteiger charge is 2.41. The number of hydrogen-bond donors (Lipinski definition) is 4. The fraction of sp³-hybridized carbons (Fsp3) is 0.500. The second-order valence-electron chi connectivity index (χ2n) is 8.87. The Morgan fingerprint density at radius 2 is 2.09 bits per heavy atom. The molecule has 0 spiro atoms. The molecular weight excluding hydrogens is 428 g/mol. The van der Waals surface area contributed by atoms with Crippen LogP contribution in [0.15, 0.2) is 29.9 Å². The van der Waals surface area contributed by atoms with E-state index in [1.54, 1.807) is 34.6 Å². The van der Waals surface area contributed by atoms with Crippen molar-refractivity contribution in [1.82, 2.24) is 25.0 Å². The van der Waals surface area contributed by atoms with E-state index >= 15 is 0 Å². The van der Waals surface area contributed by atoms with Gasteiger partial charge < -0.3 is 20.8 Å². The number of likely N-dealkylation sites (tertiary alicyclic amines) is 1. The number of nitrogens with zero attached hydrogens (tertiary/aromatic N) is 4. The molecule has 2 fully saturated rings. The Balaban J connectivity index is 1.07. The number of thiazole rings is 1. The van der Waals surface area contributed by atoms with E-state index in [4.69, 9.17) is 0 Å². The maximum absolute atomic E-state index is 12.4. The molecule has 3 aromatic rings. The predicted octanol–water partition coefficient (Wildman–Crippen LogP) is 1.78.